The summed E-state index contributed by atoms with van der Waals surface area (Å²) in [5.41, 5.74) is 0. The van der Waals surface area contributed by atoms with Gasteiger partial charge in [0.05, 0.1) is 26.2 Å². The van der Waals surface area contributed by atoms with E-state index in [-0.39, 0.29) is 24.4 Å². The van der Waals surface area contributed by atoms with Crippen molar-refractivity contribution in [3.8, 4) is 0 Å². The summed E-state index contributed by atoms with van der Waals surface area (Å²) < 4.78 is 1.23. The maximum atomic E-state index is 8.92. The first kappa shape index (κ1) is 13.4. The number of aliphatic hydroxyl groups excluding tert-OH is 1. The number of fused-ring (bicyclic) bond motifs is 3. The Kier molecular flexibility index (Phi) is 5.49. The maximum absolute atomic E-state index is 8.92. The van der Waals surface area contributed by atoms with Gasteiger partial charge in [-0.2, -0.15) is 0 Å². The SMILES string of the molecule is C.OCC[N+]12CCC(CC1)CC2.[Br-]. The van der Waals surface area contributed by atoms with Gasteiger partial charge in [0.2, 0.25) is 0 Å². The third-order valence-electron chi connectivity index (χ3n) is 3.61. The van der Waals surface area contributed by atoms with Gasteiger partial charge >= 0.3 is 0 Å². The average molecular weight is 252 g/mol. The third-order valence-corrected chi connectivity index (χ3v) is 3.61. The zero-order valence-electron chi connectivity index (χ0n) is 7.51. The van der Waals surface area contributed by atoms with Crippen LogP contribution in [0.2, 0.25) is 0 Å². The standard InChI is InChI=1S/C9H18NO.CH4.BrH/c11-8-7-10-4-1-9(2-5-10)3-6-10;;/h9,11H,1-8H2;1H4;1H/q+1;;/p-1. The molecular formula is C10H22BrNO. The molecule has 3 saturated heterocycles. The molecule has 2 nitrogen and oxygen atoms in total. The van der Waals surface area contributed by atoms with E-state index < -0.39 is 0 Å². The van der Waals surface area contributed by atoms with Crippen LogP contribution in [0.15, 0.2) is 0 Å². The van der Waals surface area contributed by atoms with Crippen molar-refractivity contribution < 1.29 is 26.6 Å². The van der Waals surface area contributed by atoms with Crippen molar-refractivity contribution >= 4 is 0 Å². The van der Waals surface area contributed by atoms with Crippen molar-refractivity contribution in [2.45, 2.75) is 26.7 Å². The molecule has 0 unspecified atom stereocenters. The van der Waals surface area contributed by atoms with Crippen LogP contribution in [0.4, 0.5) is 0 Å². The molecule has 3 aliphatic heterocycles. The highest BCUT2D eigenvalue weighted by Crippen LogP contribution is 2.32. The second-order valence-corrected chi connectivity index (χ2v) is 4.19. The summed E-state index contributed by atoms with van der Waals surface area (Å²) in [6.45, 7) is 5.40. The lowest BCUT2D eigenvalue weighted by molar-refractivity contribution is -0.942. The molecule has 2 bridgehead atoms. The van der Waals surface area contributed by atoms with Gasteiger partial charge in [-0.25, -0.2) is 0 Å². The van der Waals surface area contributed by atoms with Crippen molar-refractivity contribution in [3.63, 3.8) is 0 Å². The van der Waals surface area contributed by atoms with E-state index in [0.29, 0.717) is 6.61 Å². The predicted molar refractivity (Wildman–Crippen MR) is 50.9 cm³/mol. The fourth-order valence-electron chi connectivity index (χ4n) is 2.69. The Bertz CT molecular complexity index is 124. The first-order chi connectivity index (χ1) is 5.35. The summed E-state index contributed by atoms with van der Waals surface area (Å²) in [5, 5.41) is 8.92. The number of hydrogen-bond donors (Lipinski definition) is 1. The van der Waals surface area contributed by atoms with Crippen LogP contribution in [-0.4, -0.2) is 42.4 Å². The molecular weight excluding hydrogens is 230 g/mol. The van der Waals surface area contributed by atoms with Crippen molar-refractivity contribution in [2.75, 3.05) is 32.8 Å². The second kappa shape index (κ2) is 5.32. The summed E-state index contributed by atoms with van der Waals surface area (Å²) in [7, 11) is 0. The fraction of sp³-hybridized carbons (Fsp3) is 1.00. The molecule has 0 aliphatic carbocycles. The number of quaternary nitrogens is 1. The Morgan fingerprint density at radius 3 is 1.92 bits per heavy atom. The van der Waals surface area contributed by atoms with E-state index in [0.717, 1.165) is 12.5 Å². The van der Waals surface area contributed by atoms with Gasteiger partial charge in [0, 0.05) is 0 Å². The summed E-state index contributed by atoms with van der Waals surface area (Å²) >= 11 is 0. The highest BCUT2D eigenvalue weighted by Gasteiger charge is 2.38. The van der Waals surface area contributed by atoms with E-state index in [2.05, 4.69) is 0 Å². The molecule has 1 N–H and O–H groups in total. The van der Waals surface area contributed by atoms with Crippen LogP contribution in [0.5, 0.6) is 0 Å². The Balaban J connectivity index is 0.000000720. The van der Waals surface area contributed by atoms with Gasteiger partial charge < -0.3 is 26.6 Å². The van der Waals surface area contributed by atoms with Crippen LogP contribution in [0.25, 0.3) is 0 Å². The molecule has 3 aliphatic rings. The van der Waals surface area contributed by atoms with Crippen molar-refractivity contribution in [1.82, 2.24) is 0 Å². The molecule has 0 saturated carbocycles. The van der Waals surface area contributed by atoms with Crippen LogP contribution in [0.1, 0.15) is 26.7 Å². The first-order valence-electron chi connectivity index (χ1n) is 4.81. The molecule has 0 atom stereocenters. The lowest BCUT2D eigenvalue weighted by Crippen LogP contribution is -3.00. The van der Waals surface area contributed by atoms with E-state index in [9.17, 15) is 0 Å². The molecule has 0 amide bonds. The van der Waals surface area contributed by atoms with E-state index in [1.807, 2.05) is 0 Å². The van der Waals surface area contributed by atoms with E-state index in [1.165, 1.54) is 43.4 Å². The minimum Gasteiger partial charge on any atom is -1.00 e. The number of halogens is 1. The van der Waals surface area contributed by atoms with Crippen molar-refractivity contribution in [3.05, 3.63) is 0 Å². The van der Waals surface area contributed by atoms with Crippen molar-refractivity contribution in [2.24, 2.45) is 5.92 Å². The Morgan fingerprint density at radius 1 is 1.08 bits per heavy atom. The van der Waals surface area contributed by atoms with E-state index >= 15 is 0 Å². The van der Waals surface area contributed by atoms with Gasteiger partial charge in [0.15, 0.2) is 0 Å². The van der Waals surface area contributed by atoms with Gasteiger partial charge in [-0.05, 0) is 25.2 Å². The lowest BCUT2D eigenvalue weighted by Gasteiger charge is -2.48. The molecule has 0 aromatic heterocycles. The maximum Gasteiger partial charge on any atom is 0.102 e. The fourth-order valence-corrected chi connectivity index (χ4v) is 2.69. The molecule has 3 fully saturated rings. The van der Waals surface area contributed by atoms with Gasteiger partial charge in [-0.3, -0.25) is 0 Å². The molecule has 13 heavy (non-hydrogen) atoms. The van der Waals surface area contributed by atoms with Gasteiger partial charge in [0.25, 0.3) is 0 Å². The summed E-state index contributed by atoms with van der Waals surface area (Å²) in [6, 6.07) is 0. The number of aliphatic hydroxyl groups is 1. The quantitative estimate of drug-likeness (QED) is 0.578. The molecule has 0 spiro atoms. The van der Waals surface area contributed by atoms with Gasteiger partial charge in [0.1, 0.15) is 6.54 Å². The highest BCUT2D eigenvalue weighted by atomic mass is 79.9. The summed E-state index contributed by atoms with van der Waals surface area (Å²) in [4.78, 5) is 0. The Morgan fingerprint density at radius 2 is 1.54 bits per heavy atom. The zero-order valence-corrected chi connectivity index (χ0v) is 9.09. The van der Waals surface area contributed by atoms with Gasteiger partial charge in [-0.15, -0.1) is 0 Å². The largest absolute Gasteiger partial charge is 1.00 e. The zero-order chi connectivity index (χ0) is 7.73. The number of rotatable bonds is 2. The van der Waals surface area contributed by atoms with Crippen LogP contribution in [0.3, 0.4) is 0 Å². The smallest absolute Gasteiger partial charge is 0.102 e. The molecule has 80 valence electrons. The number of hydrogen-bond acceptors (Lipinski definition) is 1. The first-order valence-corrected chi connectivity index (χ1v) is 4.81. The van der Waals surface area contributed by atoms with Crippen LogP contribution >= 0.6 is 0 Å². The molecule has 3 heteroatoms. The molecule has 0 aromatic rings. The molecule has 3 heterocycles. The van der Waals surface area contributed by atoms with Crippen molar-refractivity contribution in [1.29, 1.82) is 0 Å². The average Bonchev–Trinajstić information content (AvgIpc) is 2.07. The number of piperidine rings is 3. The highest BCUT2D eigenvalue weighted by molar-refractivity contribution is 4.71. The van der Waals surface area contributed by atoms with Crippen LogP contribution < -0.4 is 17.0 Å². The summed E-state index contributed by atoms with van der Waals surface area (Å²) in [5.74, 6) is 1.04. The topological polar surface area (TPSA) is 20.2 Å². The summed E-state index contributed by atoms with van der Waals surface area (Å²) in [6.07, 6.45) is 4.25. The molecule has 3 rings (SSSR count). The Labute approximate surface area is 92.3 Å². The van der Waals surface area contributed by atoms with E-state index in [4.69, 9.17) is 5.11 Å². The normalized spacial score (nSPS) is 36.2. The minimum absolute atomic E-state index is 0. The second-order valence-electron chi connectivity index (χ2n) is 4.19. The monoisotopic (exact) mass is 251 g/mol. The van der Waals surface area contributed by atoms with Gasteiger partial charge in [-0.1, -0.05) is 7.43 Å². The van der Waals surface area contributed by atoms with Crippen LogP contribution in [-0.2, 0) is 0 Å². The molecule has 0 aromatic carbocycles. The van der Waals surface area contributed by atoms with E-state index in [1.54, 1.807) is 0 Å². The number of nitrogens with zero attached hydrogens (tertiary/aromatic N) is 1. The third kappa shape index (κ3) is 2.67. The Hall–Kier alpha value is 0.400. The van der Waals surface area contributed by atoms with Crippen LogP contribution in [0, 0.1) is 5.92 Å². The minimum atomic E-state index is 0. The molecule has 0 radical (unpaired) electrons. The lowest BCUT2D eigenvalue weighted by atomic mass is 9.86. The predicted octanol–water partition coefficient (Wildman–Crippen LogP) is -1.75.